The molecule has 5 heteroatoms. The van der Waals surface area contributed by atoms with Crippen LogP contribution in [0.1, 0.15) is 31.4 Å². The molecule has 2 aromatic heterocycles. The Labute approximate surface area is 118 Å². The lowest BCUT2D eigenvalue weighted by Crippen LogP contribution is -2.08. The predicted octanol–water partition coefficient (Wildman–Crippen LogP) is 3.26. The van der Waals surface area contributed by atoms with E-state index in [-0.39, 0.29) is 0 Å². The molecule has 0 aliphatic carbocycles. The first-order chi connectivity index (χ1) is 9.63. The Morgan fingerprint density at radius 1 is 1.35 bits per heavy atom. The normalized spacial score (nSPS) is 11.4. The molecule has 0 saturated carbocycles. The third-order valence-corrected chi connectivity index (χ3v) is 3.38. The van der Waals surface area contributed by atoms with Crippen molar-refractivity contribution in [2.45, 2.75) is 33.4 Å². The highest BCUT2D eigenvalue weighted by molar-refractivity contribution is 5.79. The second kappa shape index (κ2) is 5.00. The van der Waals surface area contributed by atoms with Gasteiger partial charge in [0.1, 0.15) is 5.82 Å². The van der Waals surface area contributed by atoms with Gasteiger partial charge < -0.3 is 14.9 Å². The van der Waals surface area contributed by atoms with E-state index in [0.29, 0.717) is 6.04 Å². The molecule has 0 atom stereocenters. The van der Waals surface area contributed by atoms with Crippen LogP contribution in [0.3, 0.4) is 0 Å². The lowest BCUT2D eigenvalue weighted by Gasteiger charge is -2.12. The number of aryl methyl sites for hydroxylation is 1. The summed E-state index contributed by atoms with van der Waals surface area (Å²) in [6.45, 7) is 7.04. The number of imidazole rings is 2. The van der Waals surface area contributed by atoms with Crippen molar-refractivity contribution in [1.29, 1.82) is 0 Å². The SMILES string of the molecule is Cc1nc2ccc(NCc3cncn3C(C)C)cc2[nH]1. The summed E-state index contributed by atoms with van der Waals surface area (Å²) in [5, 5.41) is 3.44. The second-order valence-electron chi connectivity index (χ2n) is 5.29. The summed E-state index contributed by atoms with van der Waals surface area (Å²) in [6.07, 6.45) is 3.79. The average Bonchev–Trinajstić information content (AvgIpc) is 3.00. The van der Waals surface area contributed by atoms with E-state index in [4.69, 9.17) is 0 Å². The van der Waals surface area contributed by atoms with Crippen LogP contribution in [-0.2, 0) is 6.54 Å². The van der Waals surface area contributed by atoms with Crippen LogP contribution in [-0.4, -0.2) is 19.5 Å². The number of benzene rings is 1. The molecule has 3 rings (SSSR count). The molecule has 1 aromatic carbocycles. The zero-order chi connectivity index (χ0) is 14.1. The van der Waals surface area contributed by atoms with Crippen molar-refractivity contribution in [2.75, 3.05) is 5.32 Å². The maximum absolute atomic E-state index is 4.40. The number of fused-ring (bicyclic) bond motifs is 1. The minimum atomic E-state index is 0.423. The van der Waals surface area contributed by atoms with E-state index in [9.17, 15) is 0 Å². The number of hydrogen-bond acceptors (Lipinski definition) is 3. The molecule has 0 fully saturated rings. The number of H-pyrrole nitrogens is 1. The maximum Gasteiger partial charge on any atom is 0.104 e. The van der Waals surface area contributed by atoms with Gasteiger partial charge >= 0.3 is 0 Å². The number of nitrogens with one attached hydrogen (secondary N) is 2. The van der Waals surface area contributed by atoms with Gasteiger partial charge in [0.25, 0.3) is 0 Å². The number of anilines is 1. The van der Waals surface area contributed by atoms with Crippen LogP contribution in [0.25, 0.3) is 11.0 Å². The van der Waals surface area contributed by atoms with Crippen molar-refractivity contribution in [1.82, 2.24) is 19.5 Å². The van der Waals surface area contributed by atoms with Gasteiger partial charge in [0.05, 0.1) is 29.6 Å². The van der Waals surface area contributed by atoms with Gasteiger partial charge in [-0.3, -0.25) is 0 Å². The van der Waals surface area contributed by atoms with Crippen LogP contribution in [0.5, 0.6) is 0 Å². The van der Waals surface area contributed by atoms with Gasteiger partial charge in [0.2, 0.25) is 0 Å². The molecule has 2 heterocycles. The molecule has 5 nitrogen and oxygen atoms in total. The molecule has 0 bridgehead atoms. The van der Waals surface area contributed by atoms with Gasteiger partial charge in [-0.05, 0) is 39.0 Å². The highest BCUT2D eigenvalue weighted by Crippen LogP contribution is 2.18. The summed E-state index contributed by atoms with van der Waals surface area (Å²) in [5.41, 5.74) is 4.32. The van der Waals surface area contributed by atoms with Crippen LogP contribution in [0, 0.1) is 6.92 Å². The van der Waals surface area contributed by atoms with E-state index >= 15 is 0 Å². The maximum atomic E-state index is 4.40. The van der Waals surface area contributed by atoms with Gasteiger partial charge in [-0.2, -0.15) is 0 Å². The summed E-state index contributed by atoms with van der Waals surface area (Å²) in [6, 6.07) is 6.59. The van der Waals surface area contributed by atoms with Gasteiger partial charge in [-0.15, -0.1) is 0 Å². The summed E-state index contributed by atoms with van der Waals surface area (Å²) in [4.78, 5) is 11.9. The van der Waals surface area contributed by atoms with Crippen molar-refractivity contribution in [2.24, 2.45) is 0 Å². The molecular weight excluding hydrogens is 250 g/mol. The molecule has 0 spiro atoms. The third kappa shape index (κ3) is 2.39. The Morgan fingerprint density at radius 2 is 2.20 bits per heavy atom. The van der Waals surface area contributed by atoms with E-state index in [0.717, 1.165) is 29.1 Å². The molecule has 104 valence electrons. The molecular formula is C15H19N5. The largest absolute Gasteiger partial charge is 0.379 e. The molecule has 20 heavy (non-hydrogen) atoms. The summed E-state index contributed by atoms with van der Waals surface area (Å²) < 4.78 is 2.17. The van der Waals surface area contributed by atoms with E-state index in [1.807, 2.05) is 25.5 Å². The van der Waals surface area contributed by atoms with Crippen molar-refractivity contribution >= 4 is 16.7 Å². The molecule has 0 unspecified atom stereocenters. The first kappa shape index (κ1) is 12.7. The Morgan fingerprint density at radius 3 is 3.00 bits per heavy atom. The van der Waals surface area contributed by atoms with Crippen molar-refractivity contribution in [3.63, 3.8) is 0 Å². The van der Waals surface area contributed by atoms with Gasteiger partial charge in [0.15, 0.2) is 0 Å². The number of rotatable bonds is 4. The fraction of sp³-hybridized carbons (Fsp3) is 0.333. The smallest absolute Gasteiger partial charge is 0.104 e. The van der Waals surface area contributed by atoms with Gasteiger partial charge in [-0.1, -0.05) is 0 Å². The lowest BCUT2D eigenvalue weighted by molar-refractivity contribution is 0.577. The van der Waals surface area contributed by atoms with E-state index in [2.05, 4.69) is 50.8 Å². The van der Waals surface area contributed by atoms with Crippen molar-refractivity contribution in [3.8, 4) is 0 Å². The number of aromatic nitrogens is 4. The standard InChI is InChI=1S/C15H19N5/c1-10(2)20-9-16-7-13(20)8-17-12-4-5-14-15(6-12)19-11(3)18-14/h4-7,9-10,17H,8H2,1-3H3,(H,18,19). The quantitative estimate of drug-likeness (QED) is 0.764. The van der Waals surface area contributed by atoms with E-state index in [1.54, 1.807) is 0 Å². The zero-order valence-electron chi connectivity index (χ0n) is 12.0. The highest BCUT2D eigenvalue weighted by Gasteiger charge is 2.06. The topological polar surface area (TPSA) is 58.5 Å². The number of nitrogens with zero attached hydrogens (tertiary/aromatic N) is 3. The summed E-state index contributed by atoms with van der Waals surface area (Å²) in [7, 11) is 0. The molecule has 0 saturated heterocycles. The van der Waals surface area contributed by atoms with Gasteiger partial charge in [0, 0.05) is 17.9 Å². The zero-order valence-corrected chi connectivity index (χ0v) is 12.0. The molecule has 0 radical (unpaired) electrons. The second-order valence-corrected chi connectivity index (χ2v) is 5.29. The van der Waals surface area contributed by atoms with Crippen LogP contribution in [0.15, 0.2) is 30.7 Å². The Hall–Kier alpha value is -2.30. The molecule has 2 N–H and O–H groups in total. The number of hydrogen-bond donors (Lipinski definition) is 2. The first-order valence-electron chi connectivity index (χ1n) is 6.84. The lowest BCUT2D eigenvalue weighted by atomic mass is 10.2. The predicted molar refractivity (Wildman–Crippen MR) is 80.8 cm³/mol. The minimum absolute atomic E-state index is 0.423. The highest BCUT2D eigenvalue weighted by atomic mass is 15.1. The van der Waals surface area contributed by atoms with Crippen molar-refractivity contribution in [3.05, 3.63) is 42.2 Å². The molecule has 0 aliphatic heterocycles. The fourth-order valence-corrected chi connectivity index (χ4v) is 2.37. The average molecular weight is 269 g/mol. The molecule has 0 amide bonds. The monoisotopic (exact) mass is 269 g/mol. The number of aromatic amines is 1. The molecule has 0 aliphatic rings. The third-order valence-electron chi connectivity index (χ3n) is 3.38. The van der Waals surface area contributed by atoms with Crippen LogP contribution < -0.4 is 5.32 Å². The Bertz CT molecular complexity index is 723. The first-order valence-corrected chi connectivity index (χ1v) is 6.84. The fourth-order valence-electron chi connectivity index (χ4n) is 2.37. The molecule has 3 aromatic rings. The Kier molecular flexibility index (Phi) is 3.18. The van der Waals surface area contributed by atoms with Crippen LogP contribution in [0.4, 0.5) is 5.69 Å². The van der Waals surface area contributed by atoms with Crippen LogP contribution >= 0.6 is 0 Å². The van der Waals surface area contributed by atoms with Crippen LogP contribution in [0.2, 0.25) is 0 Å². The minimum Gasteiger partial charge on any atom is -0.379 e. The van der Waals surface area contributed by atoms with E-state index in [1.165, 1.54) is 5.69 Å². The van der Waals surface area contributed by atoms with Gasteiger partial charge in [-0.25, -0.2) is 9.97 Å². The summed E-state index contributed by atoms with van der Waals surface area (Å²) >= 11 is 0. The summed E-state index contributed by atoms with van der Waals surface area (Å²) in [5.74, 6) is 0.940. The Balaban J connectivity index is 1.77. The van der Waals surface area contributed by atoms with Crippen molar-refractivity contribution < 1.29 is 0 Å². The van der Waals surface area contributed by atoms with E-state index < -0.39 is 0 Å².